The van der Waals surface area contributed by atoms with Gasteiger partial charge < -0.3 is 5.11 Å². The number of hydrogen-bond acceptors (Lipinski definition) is 1. The third-order valence-corrected chi connectivity index (χ3v) is 9.71. The maximum absolute atomic E-state index is 11.0. The van der Waals surface area contributed by atoms with Crippen LogP contribution in [0.1, 0.15) is 72.1 Å². The summed E-state index contributed by atoms with van der Waals surface area (Å²) in [5, 5.41) is 11.0. The molecule has 0 aromatic rings. The summed E-state index contributed by atoms with van der Waals surface area (Å²) in [6.45, 7) is 7.14. The van der Waals surface area contributed by atoms with Gasteiger partial charge in [0.15, 0.2) is 0 Å². The molecule has 1 nitrogen and oxygen atoms in total. The fourth-order valence-corrected chi connectivity index (χ4v) is 8.01. The highest BCUT2D eigenvalue weighted by Crippen LogP contribution is 2.68. The van der Waals surface area contributed by atoms with E-state index >= 15 is 0 Å². The topological polar surface area (TPSA) is 20.2 Å². The molecule has 5 aliphatic rings. The summed E-state index contributed by atoms with van der Waals surface area (Å²) in [7, 11) is 0. The number of hydrogen-bond donors (Lipinski definition) is 1. The Hall–Kier alpha value is -0.560. The van der Waals surface area contributed by atoms with Crippen LogP contribution in [0, 0.1) is 40.4 Å². The van der Waals surface area contributed by atoms with Gasteiger partial charge in [-0.25, -0.2) is 0 Å². The van der Waals surface area contributed by atoms with Crippen molar-refractivity contribution in [3.63, 3.8) is 0 Å². The molecule has 0 amide bonds. The molecule has 1 heteroatoms. The van der Waals surface area contributed by atoms with E-state index in [-0.39, 0.29) is 5.41 Å². The first-order valence-electron chi connectivity index (χ1n) is 10.5. The van der Waals surface area contributed by atoms with Crippen molar-refractivity contribution in [2.75, 3.05) is 0 Å². The predicted octanol–water partition coefficient (Wildman–Crippen LogP) is 5.50. The minimum Gasteiger partial charge on any atom is -0.390 e. The highest BCUT2D eigenvalue weighted by Gasteiger charge is 2.62. The van der Waals surface area contributed by atoms with Gasteiger partial charge in [-0.2, -0.15) is 0 Å². The Morgan fingerprint density at radius 1 is 1.00 bits per heavy atom. The Bertz CT molecular complexity index is 614. The van der Waals surface area contributed by atoms with Crippen LogP contribution in [0.5, 0.6) is 0 Å². The van der Waals surface area contributed by atoms with E-state index in [1.165, 1.54) is 44.9 Å². The molecule has 24 heavy (non-hydrogen) atoms. The van der Waals surface area contributed by atoms with Crippen LogP contribution in [0.2, 0.25) is 0 Å². The number of rotatable bonds is 0. The highest BCUT2D eigenvalue weighted by molar-refractivity contribution is 5.29. The lowest BCUT2D eigenvalue weighted by Crippen LogP contribution is -2.54. The average molecular weight is 327 g/mol. The van der Waals surface area contributed by atoms with Gasteiger partial charge >= 0.3 is 0 Å². The summed E-state index contributed by atoms with van der Waals surface area (Å²) in [6, 6.07) is 0. The molecule has 0 aromatic carbocycles. The van der Waals surface area contributed by atoms with Gasteiger partial charge in [-0.15, -0.1) is 0 Å². The van der Waals surface area contributed by atoms with Gasteiger partial charge in [0.1, 0.15) is 0 Å². The Labute approximate surface area is 147 Å². The third-order valence-electron chi connectivity index (χ3n) is 9.71. The number of fused-ring (bicyclic) bond motifs is 6. The summed E-state index contributed by atoms with van der Waals surface area (Å²) >= 11 is 0. The standard InChI is InChI=1S/C23H34O/c1-21-14-16-6-4-5-15(16)13-17(21)7-8-18-19(21)9-11-22(2)20(18)10-12-23(22,3)24/h4,6,13,15-16,18-20,24H,5,7-12,14H2,1-3H3/t15?,16?,18-,19+,20+,21+,22+,23+/m1/s1. The van der Waals surface area contributed by atoms with Crippen molar-refractivity contribution in [3.05, 3.63) is 23.8 Å². The second-order valence-electron chi connectivity index (χ2n) is 10.5. The largest absolute Gasteiger partial charge is 0.390 e. The molecule has 0 heterocycles. The van der Waals surface area contributed by atoms with E-state index in [2.05, 4.69) is 39.0 Å². The summed E-state index contributed by atoms with van der Waals surface area (Å²) in [6.07, 6.45) is 17.9. The lowest BCUT2D eigenvalue weighted by atomic mass is 9.45. The maximum atomic E-state index is 11.0. The quantitative estimate of drug-likeness (QED) is 0.583. The van der Waals surface area contributed by atoms with Crippen LogP contribution in [-0.4, -0.2) is 10.7 Å². The summed E-state index contributed by atoms with van der Waals surface area (Å²) in [5.74, 6) is 4.07. The molecule has 0 bridgehead atoms. The minimum atomic E-state index is -0.439. The van der Waals surface area contributed by atoms with Gasteiger partial charge in [-0.1, -0.05) is 37.6 Å². The molecule has 0 aliphatic heterocycles. The molecule has 0 spiro atoms. The molecule has 0 aromatic heterocycles. The fourth-order valence-electron chi connectivity index (χ4n) is 8.01. The smallest absolute Gasteiger partial charge is 0.0675 e. The van der Waals surface area contributed by atoms with Gasteiger partial charge in [0.05, 0.1) is 5.60 Å². The molecule has 0 radical (unpaired) electrons. The lowest BCUT2D eigenvalue weighted by molar-refractivity contribution is -0.119. The molecule has 3 fully saturated rings. The number of allylic oxidation sites excluding steroid dienone is 4. The first-order chi connectivity index (χ1) is 11.4. The second kappa shape index (κ2) is 4.78. The zero-order valence-corrected chi connectivity index (χ0v) is 15.7. The van der Waals surface area contributed by atoms with E-state index in [4.69, 9.17) is 0 Å². The van der Waals surface area contributed by atoms with Crippen molar-refractivity contribution in [3.8, 4) is 0 Å². The molecule has 5 aliphatic carbocycles. The van der Waals surface area contributed by atoms with Crippen LogP contribution < -0.4 is 0 Å². The average Bonchev–Trinajstić information content (AvgIpc) is 3.06. The Balaban J connectivity index is 1.50. The van der Waals surface area contributed by atoms with Crippen molar-refractivity contribution in [1.82, 2.24) is 0 Å². The van der Waals surface area contributed by atoms with Gasteiger partial charge in [0, 0.05) is 0 Å². The first-order valence-corrected chi connectivity index (χ1v) is 10.5. The van der Waals surface area contributed by atoms with Crippen molar-refractivity contribution in [2.24, 2.45) is 40.4 Å². The molecule has 1 N–H and O–H groups in total. The van der Waals surface area contributed by atoms with E-state index in [0.717, 1.165) is 36.0 Å². The van der Waals surface area contributed by atoms with E-state index in [1.54, 1.807) is 0 Å². The third kappa shape index (κ3) is 1.81. The molecule has 3 saturated carbocycles. The predicted molar refractivity (Wildman–Crippen MR) is 98.4 cm³/mol. The Morgan fingerprint density at radius 3 is 2.62 bits per heavy atom. The maximum Gasteiger partial charge on any atom is 0.0675 e. The molecular weight excluding hydrogens is 292 g/mol. The van der Waals surface area contributed by atoms with Crippen molar-refractivity contribution in [2.45, 2.75) is 77.7 Å². The normalized spacial score (nSPS) is 58.5. The van der Waals surface area contributed by atoms with Crippen molar-refractivity contribution < 1.29 is 5.11 Å². The van der Waals surface area contributed by atoms with E-state index in [1.807, 2.05) is 5.57 Å². The molecule has 0 saturated heterocycles. The van der Waals surface area contributed by atoms with Crippen LogP contribution in [0.3, 0.4) is 0 Å². The van der Waals surface area contributed by atoms with E-state index in [9.17, 15) is 5.11 Å². The zero-order valence-electron chi connectivity index (χ0n) is 15.7. The number of aliphatic hydroxyl groups is 1. The molecule has 132 valence electrons. The van der Waals surface area contributed by atoms with Crippen LogP contribution in [-0.2, 0) is 0 Å². The second-order valence-corrected chi connectivity index (χ2v) is 10.5. The minimum absolute atomic E-state index is 0.163. The van der Waals surface area contributed by atoms with Gasteiger partial charge in [-0.3, -0.25) is 0 Å². The van der Waals surface area contributed by atoms with Gasteiger partial charge in [0.2, 0.25) is 0 Å². The van der Waals surface area contributed by atoms with Crippen LogP contribution >= 0.6 is 0 Å². The summed E-state index contributed by atoms with van der Waals surface area (Å²) in [4.78, 5) is 0. The van der Waals surface area contributed by atoms with E-state index in [0.29, 0.717) is 5.41 Å². The summed E-state index contributed by atoms with van der Waals surface area (Å²) < 4.78 is 0. The molecule has 5 rings (SSSR count). The van der Waals surface area contributed by atoms with Crippen LogP contribution in [0.4, 0.5) is 0 Å². The Kier molecular flexibility index (Phi) is 3.12. The highest BCUT2D eigenvalue weighted by atomic mass is 16.3. The van der Waals surface area contributed by atoms with Gasteiger partial charge in [-0.05, 0) is 98.7 Å². The van der Waals surface area contributed by atoms with E-state index < -0.39 is 5.60 Å². The van der Waals surface area contributed by atoms with Crippen LogP contribution in [0.25, 0.3) is 0 Å². The molecule has 8 atom stereocenters. The monoisotopic (exact) mass is 326 g/mol. The summed E-state index contributed by atoms with van der Waals surface area (Å²) in [5.41, 5.74) is 1.97. The first kappa shape index (κ1) is 15.7. The van der Waals surface area contributed by atoms with Crippen molar-refractivity contribution >= 4 is 0 Å². The van der Waals surface area contributed by atoms with Crippen LogP contribution in [0.15, 0.2) is 23.8 Å². The Morgan fingerprint density at radius 2 is 1.79 bits per heavy atom. The molecular formula is C23H34O. The lowest BCUT2D eigenvalue weighted by Gasteiger charge is -2.60. The SMILES string of the molecule is C[C@]12CC3C=CCC3C=C1CC[C@@H]1[C@@H]2CC[C@@]2(C)[C@H]1CC[C@]2(C)O. The van der Waals surface area contributed by atoms with Crippen molar-refractivity contribution in [1.29, 1.82) is 0 Å². The fraction of sp³-hybridized carbons (Fsp3) is 0.826. The molecule has 2 unspecified atom stereocenters. The zero-order chi connectivity index (χ0) is 16.7. The van der Waals surface area contributed by atoms with Gasteiger partial charge in [0.25, 0.3) is 0 Å².